The van der Waals surface area contributed by atoms with E-state index in [1.807, 2.05) is 20.8 Å². The standard InChI is InChI=1S/C20H29N3O5/c1-20(2,3)28-19(26)22-16-9-11-23(12-10-16)18(25)21-13-14-5-7-15(8-6-14)17(24)27-4/h5-8,16H,9-13H2,1-4H3,(H,21,25)(H,22,26). The van der Waals surface area contributed by atoms with Gasteiger partial charge < -0.3 is 25.0 Å². The van der Waals surface area contributed by atoms with Crippen molar-refractivity contribution in [2.24, 2.45) is 0 Å². The van der Waals surface area contributed by atoms with Crippen molar-refractivity contribution >= 4 is 18.1 Å². The van der Waals surface area contributed by atoms with E-state index in [9.17, 15) is 14.4 Å². The first kappa shape index (κ1) is 21.5. The van der Waals surface area contributed by atoms with Gasteiger partial charge in [-0.15, -0.1) is 0 Å². The van der Waals surface area contributed by atoms with Crippen LogP contribution >= 0.6 is 0 Å². The maximum Gasteiger partial charge on any atom is 0.407 e. The molecule has 0 spiro atoms. The number of nitrogens with one attached hydrogen (secondary N) is 2. The van der Waals surface area contributed by atoms with Gasteiger partial charge in [0.15, 0.2) is 0 Å². The van der Waals surface area contributed by atoms with Gasteiger partial charge in [0.2, 0.25) is 0 Å². The topological polar surface area (TPSA) is 97.0 Å². The highest BCUT2D eigenvalue weighted by Crippen LogP contribution is 2.13. The SMILES string of the molecule is COC(=O)c1ccc(CNC(=O)N2CCC(NC(=O)OC(C)(C)C)CC2)cc1. The number of alkyl carbamates (subject to hydrolysis) is 1. The van der Waals surface area contributed by atoms with E-state index in [4.69, 9.17) is 4.74 Å². The van der Waals surface area contributed by atoms with Gasteiger partial charge in [-0.25, -0.2) is 14.4 Å². The first-order valence-electron chi connectivity index (χ1n) is 9.37. The minimum atomic E-state index is -0.528. The second-order valence-electron chi connectivity index (χ2n) is 7.75. The number of likely N-dealkylation sites (tertiary alicyclic amines) is 1. The molecule has 0 atom stereocenters. The van der Waals surface area contributed by atoms with Crippen LogP contribution in [0.4, 0.5) is 9.59 Å². The zero-order valence-corrected chi connectivity index (χ0v) is 16.9. The Morgan fingerprint density at radius 3 is 2.25 bits per heavy atom. The maximum atomic E-state index is 12.3. The van der Waals surface area contributed by atoms with Crippen LogP contribution in [0.15, 0.2) is 24.3 Å². The summed E-state index contributed by atoms with van der Waals surface area (Å²) in [6.07, 6.45) is 0.937. The maximum absolute atomic E-state index is 12.3. The summed E-state index contributed by atoms with van der Waals surface area (Å²) in [5, 5.41) is 5.73. The molecule has 0 aromatic heterocycles. The molecule has 28 heavy (non-hydrogen) atoms. The van der Waals surface area contributed by atoms with Crippen LogP contribution in [-0.2, 0) is 16.0 Å². The summed E-state index contributed by atoms with van der Waals surface area (Å²) >= 11 is 0. The molecule has 8 nitrogen and oxygen atoms in total. The molecule has 2 N–H and O–H groups in total. The highest BCUT2D eigenvalue weighted by Gasteiger charge is 2.25. The summed E-state index contributed by atoms with van der Waals surface area (Å²) in [5.74, 6) is -0.390. The van der Waals surface area contributed by atoms with Crippen molar-refractivity contribution in [1.29, 1.82) is 0 Å². The van der Waals surface area contributed by atoms with Crippen molar-refractivity contribution in [3.8, 4) is 0 Å². The van der Waals surface area contributed by atoms with Gasteiger partial charge in [-0.2, -0.15) is 0 Å². The Hall–Kier alpha value is -2.77. The van der Waals surface area contributed by atoms with Crippen LogP contribution < -0.4 is 10.6 Å². The number of benzene rings is 1. The number of hydrogen-bond donors (Lipinski definition) is 2. The molecule has 1 aliphatic rings. The van der Waals surface area contributed by atoms with Crippen LogP contribution in [0.3, 0.4) is 0 Å². The molecule has 1 saturated heterocycles. The van der Waals surface area contributed by atoms with Crippen molar-refractivity contribution < 1.29 is 23.9 Å². The normalized spacial score (nSPS) is 14.9. The number of carbonyl (C=O) groups is 3. The lowest BCUT2D eigenvalue weighted by molar-refractivity contribution is 0.0484. The number of nitrogens with zero attached hydrogens (tertiary/aromatic N) is 1. The van der Waals surface area contributed by atoms with E-state index in [1.165, 1.54) is 7.11 Å². The highest BCUT2D eigenvalue weighted by atomic mass is 16.6. The lowest BCUT2D eigenvalue weighted by atomic mass is 10.1. The first-order chi connectivity index (χ1) is 13.2. The van der Waals surface area contributed by atoms with Gasteiger partial charge in [-0.1, -0.05) is 12.1 Å². The van der Waals surface area contributed by atoms with Crippen LogP contribution in [0, 0.1) is 0 Å². The lowest BCUT2D eigenvalue weighted by Gasteiger charge is -2.32. The van der Waals surface area contributed by atoms with Crippen molar-refractivity contribution in [1.82, 2.24) is 15.5 Å². The number of esters is 1. The van der Waals surface area contributed by atoms with E-state index in [0.717, 1.165) is 5.56 Å². The number of piperidine rings is 1. The van der Waals surface area contributed by atoms with Gasteiger partial charge >= 0.3 is 18.1 Å². The molecule has 1 aliphatic heterocycles. The zero-order valence-electron chi connectivity index (χ0n) is 16.9. The van der Waals surface area contributed by atoms with Gasteiger partial charge in [0.25, 0.3) is 0 Å². The lowest BCUT2D eigenvalue weighted by Crippen LogP contribution is -2.50. The van der Waals surface area contributed by atoms with Crippen LogP contribution in [0.5, 0.6) is 0 Å². The van der Waals surface area contributed by atoms with Crippen molar-refractivity contribution in [2.75, 3.05) is 20.2 Å². The van der Waals surface area contributed by atoms with E-state index in [1.54, 1.807) is 29.2 Å². The van der Waals surface area contributed by atoms with Gasteiger partial charge in [0.05, 0.1) is 12.7 Å². The summed E-state index contributed by atoms with van der Waals surface area (Å²) in [6, 6.07) is 6.76. The zero-order chi connectivity index (χ0) is 20.7. The third-order valence-electron chi connectivity index (χ3n) is 4.32. The predicted molar refractivity (Wildman–Crippen MR) is 104 cm³/mol. The monoisotopic (exact) mass is 391 g/mol. The fourth-order valence-electron chi connectivity index (χ4n) is 2.87. The second kappa shape index (κ2) is 9.43. The van der Waals surface area contributed by atoms with E-state index >= 15 is 0 Å². The smallest absolute Gasteiger partial charge is 0.407 e. The third-order valence-corrected chi connectivity index (χ3v) is 4.32. The average molecular weight is 391 g/mol. The molecule has 0 radical (unpaired) electrons. The van der Waals surface area contributed by atoms with Gasteiger partial charge in [0.1, 0.15) is 5.60 Å². The molecule has 8 heteroatoms. The molecule has 1 aromatic carbocycles. The summed E-state index contributed by atoms with van der Waals surface area (Å²) in [6.45, 7) is 6.96. The molecule has 154 valence electrons. The van der Waals surface area contributed by atoms with E-state index in [2.05, 4.69) is 15.4 Å². The fraction of sp³-hybridized carbons (Fsp3) is 0.550. The van der Waals surface area contributed by atoms with E-state index < -0.39 is 17.7 Å². The molecule has 2 rings (SSSR count). The molecule has 1 aromatic rings. The number of hydrogen-bond acceptors (Lipinski definition) is 5. The minimum Gasteiger partial charge on any atom is -0.465 e. The molecule has 1 heterocycles. The van der Waals surface area contributed by atoms with Gasteiger partial charge in [0, 0.05) is 25.7 Å². The largest absolute Gasteiger partial charge is 0.465 e. The minimum absolute atomic E-state index is 0.00441. The molecular weight excluding hydrogens is 362 g/mol. The summed E-state index contributed by atoms with van der Waals surface area (Å²) in [7, 11) is 1.34. The molecule has 3 amide bonds. The quantitative estimate of drug-likeness (QED) is 0.769. The average Bonchev–Trinajstić information content (AvgIpc) is 2.65. The number of amides is 3. The van der Waals surface area contributed by atoms with Crippen LogP contribution in [0.25, 0.3) is 0 Å². The third kappa shape index (κ3) is 6.75. The molecule has 0 aliphatic carbocycles. The van der Waals surface area contributed by atoms with Crippen molar-refractivity contribution in [2.45, 2.75) is 51.8 Å². The number of ether oxygens (including phenoxy) is 2. The molecule has 0 saturated carbocycles. The Morgan fingerprint density at radius 1 is 1.11 bits per heavy atom. The molecule has 1 fully saturated rings. The Labute approximate surface area is 165 Å². The van der Waals surface area contributed by atoms with Crippen LogP contribution in [0.2, 0.25) is 0 Å². The fourth-order valence-corrected chi connectivity index (χ4v) is 2.87. The predicted octanol–water partition coefficient (Wildman–Crippen LogP) is 2.67. The molecule has 0 unspecified atom stereocenters. The van der Waals surface area contributed by atoms with Crippen LogP contribution in [0.1, 0.15) is 49.5 Å². The number of rotatable bonds is 4. The van der Waals surface area contributed by atoms with E-state index in [-0.39, 0.29) is 12.1 Å². The number of methoxy groups -OCH3 is 1. The van der Waals surface area contributed by atoms with Gasteiger partial charge in [-0.05, 0) is 51.3 Å². The molecular formula is C20H29N3O5. The molecule has 0 bridgehead atoms. The number of carbonyl (C=O) groups excluding carboxylic acids is 3. The summed E-state index contributed by atoms with van der Waals surface area (Å²) in [5.41, 5.74) is 0.833. The first-order valence-corrected chi connectivity index (χ1v) is 9.37. The van der Waals surface area contributed by atoms with Crippen LogP contribution in [-0.4, -0.2) is 54.8 Å². The van der Waals surface area contributed by atoms with E-state index in [0.29, 0.717) is 38.0 Å². The van der Waals surface area contributed by atoms with Crippen molar-refractivity contribution in [3.63, 3.8) is 0 Å². The van der Waals surface area contributed by atoms with Gasteiger partial charge in [-0.3, -0.25) is 0 Å². The Balaban J connectivity index is 1.73. The summed E-state index contributed by atoms with van der Waals surface area (Å²) in [4.78, 5) is 37.3. The summed E-state index contributed by atoms with van der Waals surface area (Å²) < 4.78 is 9.92. The second-order valence-corrected chi connectivity index (χ2v) is 7.75. The van der Waals surface area contributed by atoms with Crippen molar-refractivity contribution in [3.05, 3.63) is 35.4 Å². The highest BCUT2D eigenvalue weighted by molar-refractivity contribution is 5.89. The Kier molecular flexibility index (Phi) is 7.25. The Morgan fingerprint density at radius 2 is 1.71 bits per heavy atom. The Bertz CT molecular complexity index is 689. The number of urea groups is 1.